The predicted molar refractivity (Wildman–Crippen MR) is 120 cm³/mol. The Bertz CT molecular complexity index is 957. The summed E-state index contributed by atoms with van der Waals surface area (Å²) in [5, 5.41) is 4.15. The van der Waals surface area contributed by atoms with Crippen molar-refractivity contribution in [3.63, 3.8) is 0 Å². The van der Waals surface area contributed by atoms with Gasteiger partial charge in [0.25, 0.3) is 5.91 Å². The Morgan fingerprint density at radius 2 is 1.90 bits per heavy atom. The summed E-state index contributed by atoms with van der Waals surface area (Å²) in [6, 6.07) is 12.3. The average molecular weight is 427 g/mol. The van der Waals surface area contributed by atoms with Crippen molar-refractivity contribution in [3.8, 4) is 5.75 Å². The van der Waals surface area contributed by atoms with Gasteiger partial charge in [0, 0.05) is 43.2 Å². The molecule has 1 aromatic carbocycles. The number of benzene rings is 1. The minimum Gasteiger partial charge on any atom is -0.489 e. The third kappa shape index (κ3) is 4.89. The van der Waals surface area contributed by atoms with Crippen LogP contribution in [0.25, 0.3) is 0 Å². The van der Waals surface area contributed by atoms with E-state index >= 15 is 0 Å². The van der Waals surface area contributed by atoms with Gasteiger partial charge >= 0.3 is 0 Å². The first-order valence-electron chi connectivity index (χ1n) is 9.90. The van der Waals surface area contributed by atoms with E-state index in [0.29, 0.717) is 6.61 Å². The van der Waals surface area contributed by atoms with E-state index in [4.69, 9.17) is 4.74 Å². The third-order valence-corrected chi connectivity index (χ3v) is 7.26. The molecule has 152 valence electrons. The van der Waals surface area contributed by atoms with Gasteiger partial charge in [-0.25, -0.2) is 0 Å². The maximum Gasteiger partial charge on any atom is 0.264 e. The van der Waals surface area contributed by atoms with Crippen LogP contribution in [0.3, 0.4) is 0 Å². The zero-order valence-electron chi connectivity index (χ0n) is 16.9. The standard InChI is InChI=1S/C23H26N2O2S2/c1-17-5-3-7-21(18(17)2)27-15-19-13-22(29-16-19)23(26)25-10-8-24(9-11-25)14-20-6-4-12-28-20/h3-7,12-13,16H,8-11,14-15H2,1-2H3. The molecule has 0 saturated carbocycles. The van der Waals surface area contributed by atoms with E-state index in [1.807, 2.05) is 28.5 Å². The van der Waals surface area contributed by atoms with Crippen LogP contribution in [0.2, 0.25) is 0 Å². The van der Waals surface area contributed by atoms with Crippen molar-refractivity contribution < 1.29 is 9.53 Å². The molecular weight excluding hydrogens is 400 g/mol. The third-order valence-electron chi connectivity index (χ3n) is 5.43. The number of piperazine rings is 1. The van der Waals surface area contributed by atoms with Crippen LogP contribution in [-0.2, 0) is 13.2 Å². The van der Waals surface area contributed by atoms with Crippen molar-refractivity contribution >= 4 is 28.6 Å². The number of hydrogen-bond donors (Lipinski definition) is 0. The van der Waals surface area contributed by atoms with Gasteiger partial charge in [-0.05, 0) is 53.9 Å². The molecule has 0 spiro atoms. The van der Waals surface area contributed by atoms with Gasteiger partial charge in [-0.2, -0.15) is 0 Å². The van der Waals surface area contributed by atoms with Crippen LogP contribution in [0.15, 0.2) is 47.2 Å². The summed E-state index contributed by atoms with van der Waals surface area (Å²) >= 11 is 3.31. The molecule has 29 heavy (non-hydrogen) atoms. The fourth-order valence-corrected chi connectivity index (χ4v) is 5.10. The Morgan fingerprint density at radius 1 is 1.07 bits per heavy atom. The number of nitrogens with zero attached hydrogens (tertiary/aromatic N) is 2. The molecule has 1 aliphatic heterocycles. The van der Waals surface area contributed by atoms with Crippen LogP contribution in [0.5, 0.6) is 5.75 Å². The molecular formula is C23H26N2O2S2. The molecule has 6 heteroatoms. The maximum absolute atomic E-state index is 12.9. The van der Waals surface area contributed by atoms with E-state index in [9.17, 15) is 4.79 Å². The molecule has 0 N–H and O–H groups in total. The minimum absolute atomic E-state index is 0.142. The number of hydrogen-bond acceptors (Lipinski definition) is 5. The molecule has 1 amide bonds. The topological polar surface area (TPSA) is 32.8 Å². The lowest BCUT2D eigenvalue weighted by Gasteiger charge is -2.34. The van der Waals surface area contributed by atoms with Gasteiger partial charge in [-0.3, -0.25) is 9.69 Å². The van der Waals surface area contributed by atoms with Gasteiger partial charge in [0.1, 0.15) is 12.4 Å². The number of amides is 1. The molecule has 3 heterocycles. The molecule has 4 rings (SSSR count). The highest BCUT2D eigenvalue weighted by atomic mass is 32.1. The van der Waals surface area contributed by atoms with Crippen LogP contribution in [-0.4, -0.2) is 41.9 Å². The number of carbonyl (C=O) groups is 1. The fourth-order valence-electron chi connectivity index (χ4n) is 3.49. The molecule has 0 bridgehead atoms. The van der Waals surface area contributed by atoms with Gasteiger partial charge in [-0.1, -0.05) is 18.2 Å². The first kappa shape index (κ1) is 20.1. The van der Waals surface area contributed by atoms with E-state index in [0.717, 1.165) is 48.9 Å². The highest BCUT2D eigenvalue weighted by Gasteiger charge is 2.23. The second-order valence-corrected chi connectivity index (χ2v) is 9.40. The zero-order valence-corrected chi connectivity index (χ0v) is 18.5. The minimum atomic E-state index is 0.142. The summed E-state index contributed by atoms with van der Waals surface area (Å²) in [5.74, 6) is 1.05. The molecule has 3 aromatic rings. The highest BCUT2D eigenvalue weighted by molar-refractivity contribution is 7.12. The molecule has 1 fully saturated rings. The Balaban J connectivity index is 1.30. The van der Waals surface area contributed by atoms with Crippen LogP contribution < -0.4 is 4.74 Å². The number of carbonyl (C=O) groups excluding carboxylic acids is 1. The Morgan fingerprint density at radius 3 is 2.66 bits per heavy atom. The highest BCUT2D eigenvalue weighted by Crippen LogP contribution is 2.24. The molecule has 0 unspecified atom stereocenters. The van der Waals surface area contributed by atoms with Crippen molar-refractivity contribution in [2.45, 2.75) is 27.0 Å². The van der Waals surface area contributed by atoms with E-state index in [1.54, 1.807) is 11.3 Å². The van der Waals surface area contributed by atoms with Gasteiger partial charge in [0.15, 0.2) is 0 Å². The number of ether oxygens (including phenoxy) is 1. The first-order valence-corrected chi connectivity index (χ1v) is 11.7. The predicted octanol–water partition coefficient (Wildman–Crippen LogP) is 4.96. The molecule has 1 saturated heterocycles. The SMILES string of the molecule is Cc1cccc(OCc2csc(C(=O)N3CCN(Cc4cccs4)CC3)c2)c1C. The molecule has 2 aromatic heterocycles. The molecule has 1 aliphatic rings. The number of thiophene rings is 2. The van der Waals surface area contributed by atoms with E-state index in [1.165, 1.54) is 27.3 Å². The Hall–Kier alpha value is -2.15. The summed E-state index contributed by atoms with van der Waals surface area (Å²) in [6.45, 7) is 9.07. The van der Waals surface area contributed by atoms with E-state index < -0.39 is 0 Å². The fraction of sp³-hybridized carbons (Fsp3) is 0.348. The van der Waals surface area contributed by atoms with E-state index in [-0.39, 0.29) is 5.91 Å². The van der Waals surface area contributed by atoms with Crippen molar-refractivity contribution in [2.75, 3.05) is 26.2 Å². The van der Waals surface area contributed by atoms with Crippen LogP contribution >= 0.6 is 22.7 Å². The molecule has 4 nitrogen and oxygen atoms in total. The Labute approximate surface area is 180 Å². The summed E-state index contributed by atoms with van der Waals surface area (Å²) in [5.41, 5.74) is 3.44. The number of rotatable bonds is 6. The van der Waals surface area contributed by atoms with Crippen LogP contribution in [0, 0.1) is 13.8 Å². The quantitative estimate of drug-likeness (QED) is 0.558. The van der Waals surface area contributed by atoms with Gasteiger partial charge < -0.3 is 9.64 Å². The van der Waals surface area contributed by atoms with Crippen molar-refractivity contribution in [2.24, 2.45) is 0 Å². The zero-order chi connectivity index (χ0) is 20.2. The lowest BCUT2D eigenvalue weighted by Crippen LogP contribution is -2.48. The van der Waals surface area contributed by atoms with Crippen LogP contribution in [0.1, 0.15) is 31.2 Å². The second-order valence-electron chi connectivity index (χ2n) is 7.45. The summed E-state index contributed by atoms with van der Waals surface area (Å²) in [7, 11) is 0. The van der Waals surface area contributed by atoms with Crippen molar-refractivity contribution in [1.82, 2.24) is 9.80 Å². The lowest BCUT2D eigenvalue weighted by molar-refractivity contribution is 0.0634. The lowest BCUT2D eigenvalue weighted by atomic mass is 10.1. The summed E-state index contributed by atoms with van der Waals surface area (Å²) in [4.78, 5) is 19.5. The van der Waals surface area contributed by atoms with Crippen LogP contribution in [0.4, 0.5) is 0 Å². The van der Waals surface area contributed by atoms with Gasteiger partial charge in [0.2, 0.25) is 0 Å². The second kappa shape index (κ2) is 9.11. The molecule has 0 atom stereocenters. The molecule has 0 aliphatic carbocycles. The first-order chi connectivity index (χ1) is 14.1. The maximum atomic E-state index is 12.9. The van der Waals surface area contributed by atoms with Crippen molar-refractivity contribution in [1.29, 1.82) is 0 Å². The monoisotopic (exact) mass is 426 g/mol. The van der Waals surface area contributed by atoms with Gasteiger partial charge in [-0.15, -0.1) is 22.7 Å². The smallest absolute Gasteiger partial charge is 0.264 e. The normalized spacial score (nSPS) is 14.9. The molecule has 0 radical (unpaired) electrons. The number of aryl methyl sites for hydroxylation is 1. The summed E-state index contributed by atoms with van der Waals surface area (Å²) in [6.07, 6.45) is 0. The van der Waals surface area contributed by atoms with Gasteiger partial charge in [0.05, 0.1) is 4.88 Å². The summed E-state index contributed by atoms with van der Waals surface area (Å²) < 4.78 is 5.98. The average Bonchev–Trinajstić information content (AvgIpc) is 3.41. The van der Waals surface area contributed by atoms with E-state index in [2.05, 4.69) is 42.3 Å². The van der Waals surface area contributed by atoms with Crippen molar-refractivity contribution in [3.05, 3.63) is 73.6 Å². The largest absolute Gasteiger partial charge is 0.489 e. The Kier molecular flexibility index (Phi) is 6.33.